The molecular weight excluding hydrogens is 338 g/mol. The summed E-state index contributed by atoms with van der Waals surface area (Å²) in [5.74, 6) is -0.0999. The number of anilines is 1. The van der Waals surface area contributed by atoms with Crippen molar-refractivity contribution in [3.63, 3.8) is 0 Å². The third kappa shape index (κ3) is 4.97. The Kier molecular flexibility index (Phi) is 5.91. The van der Waals surface area contributed by atoms with Gasteiger partial charge in [0.1, 0.15) is 0 Å². The van der Waals surface area contributed by atoms with Crippen LogP contribution in [0.4, 0.5) is 5.69 Å². The molecule has 2 N–H and O–H groups in total. The Labute approximate surface area is 159 Å². The molecule has 1 heterocycles. The molecule has 1 aromatic heterocycles. The lowest BCUT2D eigenvalue weighted by Crippen LogP contribution is -2.33. The number of aromatic amines is 1. The van der Waals surface area contributed by atoms with Gasteiger partial charge >= 0.3 is 0 Å². The van der Waals surface area contributed by atoms with E-state index in [1.807, 2.05) is 55.6 Å². The number of hydrogen-bond acceptors (Lipinski definition) is 2. The molecule has 0 aliphatic heterocycles. The molecule has 0 radical (unpaired) electrons. The molecule has 5 heteroatoms. The van der Waals surface area contributed by atoms with Crippen LogP contribution in [0.1, 0.15) is 24.5 Å². The first kappa shape index (κ1) is 18.7. The Balaban J connectivity index is 1.54. The summed E-state index contributed by atoms with van der Waals surface area (Å²) < 4.78 is 0. The maximum atomic E-state index is 12.2. The minimum absolute atomic E-state index is 0.0156. The van der Waals surface area contributed by atoms with E-state index in [4.69, 9.17) is 0 Å². The SMILES string of the molecule is CC(=O)N(CCC(=O)Nc1cccc(C)c1)CCc1c[nH]c2ccccc12. The molecule has 0 fully saturated rings. The normalized spacial score (nSPS) is 10.7. The first-order valence-electron chi connectivity index (χ1n) is 9.20. The topological polar surface area (TPSA) is 65.2 Å². The zero-order valence-electron chi connectivity index (χ0n) is 15.8. The van der Waals surface area contributed by atoms with Gasteiger partial charge in [0, 0.05) is 49.2 Å². The standard InChI is InChI=1S/C22H25N3O2/c1-16-6-5-7-19(14-16)24-22(27)11-13-25(17(2)26)12-10-18-15-23-21-9-4-3-8-20(18)21/h3-9,14-15,23H,10-13H2,1-2H3,(H,24,27). The van der Waals surface area contributed by atoms with Crippen LogP contribution in [0.25, 0.3) is 10.9 Å². The smallest absolute Gasteiger partial charge is 0.226 e. The molecule has 0 saturated carbocycles. The Morgan fingerprint density at radius 3 is 2.67 bits per heavy atom. The van der Waals surface area contributed by atoms with Crippen molar-refractivity contribution in [2.24, 2.45) is 0 Å². The number of aryl methyl sites for hydroxylation is 1. The number of aromatic nitrogens is 1. The van der Waals surface area contributed by atoms with Crippen LogP contribution in [0.5, 0.6) is 0 Å². The monoisotopic (exact) mass is 363 g/mol. The van der Waals surface area contributed by atoms with Gasteiger partial charge in [-0.2, -0.15) is 0 Å². The van der Waals surface area contributed by atoms with Crippen molar-refractivity contribution in [2.45, 2.75) is 26.7 Å². The highest BCUT2D eigenvalue weighted by Crippen LogP contribution is 2.18. The molecule has 2 amide bonds. The lowest BCUT2D eigenvalue weighted by atomic mass is 10.1. The maximum Gasteiger partial charge on any atom is 0.226 e. The molecule has 0 unspecified atom stereocenters. The predicted octanol–water partition coefficient (Wildman–Crippen LogP) is 3.90. The van der Waals surface area contributed by atoms with E-state index in [0.29, 0.717) is 13.1 Å². The number of benzene rings is 2. The van der Waals surface area contributed by atoms with Crippen molar-refractivity contribution >= 4 is 28.4 Å². The average Bonchev–Trinajstić information content (AvgIpc) is 3.04. The van der Waals surface area contributed by atoms with Gasteiger partial charge in [-0.3, -0.25) is 9.59 Å². The van der Waals surface area contributed by atoms with Crippen LogP contribution < -0.4 is 5.32 Å². The first-order chi connectivity index (χ1) is 13.0. The van der Waals surface area contributed by atoms with E-state index in [-0.39, 0.29) is 18.2 Å². The molecule has 140 valence electrons. The number of hydrogen-bond donors (Lipinski definition) is 2. The van der Waals surface area contributed by atoms with E-state index in [0.717, 1.165) is 23.2 Å². The highest BCUT2D eigenvalue weighted by molar-refractivity contribution is 5.91. The second-order valence-corrected chi connectivity index (χ2v) is 6.78. The van der Waals surface area contributed by atoms with Crippen LogP contribution in [0.2, 0.25) is 0 Å². The van der Waals surface area contributed by atoms with Crippen LogP contribution in [-0.2, 0) is 16.0 Å². The number of nitrogens with one attached hydrogen (secondary N) is 2. The zero-order valence-corrected chi connectivity index (χ0v) is 15.8. The Bertz CT molecular complexity index is 945. The van der Waals surface area contributed by atoms with E-state index in [1.165, 1.54) is 10.9 Å². The molecule has 0 aliphatic rings. The molecule has 3 aromatic rings. The summed E-state index contributed by atoms with van der Waals surface area (Å²) in [5, 5.41) is 4.07. The molecule has 3 rings (SSSR count). The molecule has 0 bridgehead atoms. The third-order valence-electron chi connectivity index (χ3n) is 4.68. The largest absolute Gasteiger partial charge is 0.361 e. The molecular formula is C22H25N3O2. The van der Waals surface area contributed by atoms with Crippen LogP contribution in [0, 0.1) is 6.92 Å². The van der Waals surface area contributed by atoms with Crippen molar-refractivity contribution in [1.29, 1.82) is 0 Å². The van der Waals surface area contributed by atoms with Gasteiger partial charge in [-0.1, -0.05) is 30.3 Å². The number of para-hydroxylation sites is 1. The molecule has 0 aliphatic carbocycles. The van der Waals surface area contributed by atoms with Gasteiger partial charge in [-0.05, 0) is 42.7 Å². The number of carbonyl (C=O) groups is 2. The minimum Gasteiger partial charge on any atom is -0.361 e. The second kappa shape index (κ2) is 8.54. The van der Waals surface area contributed by atoms with Crippen molar-refractivity contribution in [1.82, 2.24) is 9.88 Å². The van der Waals surface area contributed by atoms with E-state index in [9.17, 15) is 9.59 Å². The van der Waals surface area contributed by atoms with Crippen molar-refractivity contribution in [3.05, 3.63) is 65.9 Å². The molecule has 27 heavy (non-hydrogen) atoms. The average molecular weight is 363 g/mol. The van der Waals surface area contributed by atoms with Gasteiger partial charge in [-0.25, -0.2) is 0 Å². The van der Waals surface area contributed by atoms with Crippen molar-refractivity contribution in [3.8, 4) is 0 Å². The Morgan fingerprint density at radius 2 is 1.89 bits per heavy atom. The second-order valence-electron chi connectivity index (χ2n) is 6.78. The summed E-state index contributed by atoms with van der Waals surface area (Å²) in [7, 11) is 0. The van der Waals surface area contributed by atoms with Crippen LogP contribution in [-0.4, -0.2) is 34.8 Å². The lowest BCUT2D eigenvalue weighted by molar-refractivity contribution is -0.129. The number of carbonyl (C=O) groups excluding carboxylic acids is 2. The maximum absolute atomic E-state index is 12.2. The number of rotatable bonds is 7. The molecule has 0 saturated heterocycles. The first-order valence-corrected chi connectivity index (χ1v) is 9.20. The van der Waals surface area contributed by atoms with Crippen LogP contribution in [0.15, 0.2) is 54.7 Å². The fraction of sp³-hybridized carbons (Fsp3) is 0.273. The number of fused-ring (bicyclic) bond motifs is 1. The van der Waals surface area contributed by atoms with Gasteiger partial charge in [0.25, 0.3) is 0 Å². The predicted molar refractivity (Wildman–Crippen MR) is 109 cm³/mol. The molecule has 2 aromatic carbocycles. The summed E-state index contributed by atoms with van der Waals surface area (Å²) >= 11 is 0. The highest BCUT2D eigenvalue weighted by atomic mass is 16.2. The van der Waals surface area contributed by atoms with Gasteiger partial charge in [0.2, 0.25) is 11.8 Å². The van der Waals surface area contributed by atoms with E-state index in [1.54, 1.807) is 11.8 Å². The summed E-state index contributed by atoms with van der Waals surface area (Å²) in [6.07, 6.45) is 3.03. The molecule has 0 atom stereocenters. The summed E-state index contributed by atoms with van der Waals surface area (Å²) in [4.78, 5) is 29.2. The Morgan fingerprint density at radius 1 is 1.07 bits per heavy atom. The van der Waals surface area contributed by atoms with Gasteiger partial charge in [0.15, 0.2) is 0 Å². The van der Waals surface area contributed by atoms with Gasteiger partial charge in [0.05, 0.1) is 0 Å². The van der Waals surface area contributed by atoms with Crippen LogP contribution in [0.3, 0.4) is 0 Å². The molecule has 0 spiro atoms. The summed E-state index contributed by atoms with van der Waals surface area (Å²) in [5.41, 5.74) is 4.16. The lowest BCUT2D eigenvalue weighted by Gasteiger charge is -2.20. The van der Waals surface area contributed by atoms with Crippen molar-refractivity contribution in [2.75, 3.05) is 18.4 Å². The van der Waals surface area contributed by atoms with E-state index < -0.39 is 0 Å². The van der Waals surface area contributed by atoms with Crippen molar-refractivity contribution < 1.29 is 9.59 Å². The highest BCUT2D eigenvalue weighted by Gasteiger charge is 2.13. The minimum atomic E-state index is -0.0843. The van der Waals surface area contributed by atoms with E-state index >= 15 is 0 Å². The summed E-state index contributed by atoms with van der Waals surface area (Å²) in [6, 6.07) is 15.8. The quantitative estimate of drug-likeness (QED) is 0.669. The summed E-state index contributed by atoms with van der Waals surface area (Å²) in [6.45, 7) is 4.54. The fourth-order valence-electron chi connectivity index (χ4n) is 3.20. The van der Waals surface area contributed by atoms with Crippen LogP contribution >= 0.6 is 0 Å². The zero-order chi connectivity index (χ0) is 19.2. The number of nitrogens with zero attached hydrogens (tertiary/aromatic N) is 1. The Hall–Kier alpha value is -3.08. The molecule has 5 nitrogen and oxygen atoms in total. The third-order valence-corrected chi connectivity index (χ3v) is 4.68. The fourth-order valence-corrected chi connectivity index (χ4v) is 3.20. The number of H-pyrrole nitrogens is 1. The number of amides is 2. The van der Waals surface area contributed by atoms with Gasteiger partial charge < -0.3 is 15.2 Å². The van der Waals surface area contributed by atoms with E-state index in [2.05, 4.69) is 16.4 Å². The van der Waals surface area contributed by atoms with Gasteiger partial charge in [-0.15, -0.1) is 0 Å².